The number of likely N-dealkylation sites (N-methyl/N-ethyl adjacent to an activating group) is 1. The van der Waals surface area contributed by atoms with Crippen molar-refractivity contribution in [2.24, 2.45) is 5.92 Å². The summed E-state index contributed by atoms with van der Waals surface area (Å²) >= 11 is 0. The van der Waals surface area contributed by atoms with E-state index in [4.69, 9.17) is 0 Å². The molecule has 0 spiro atoms. The van der Waals surface area contributed by atoms with E-state index >= 15 is 0 Å². The number of imidazole rings is 1. The molecule has 90 valence electrons. The van der Waals surface area contributed by atoms with Gasteiger partial charge in [0.2, 0.25) is 0 Å². The summed E-state index contributed by atoms with van der Waals surface area (Å²) in [7, 11) is 0. The molecule has 1 saturated carbocycles. The van der Waals surface area contributed by atoms with Gasteiger partial charge in [-0.25, -0.2) is 4.98 Å². The largest absolute Gasteiger partial charge is 0.329 e. The number of hydrogen-bond acceptors (Lipinski definition) is 2. The normalized spacial score (nSPS) is 17.5. The summed E-state index contributed by atoms with van der Waals surface area (Å²) < 4.78 is 2.28. The molecule has 1 fully saturated rings. The quantitative estimate of drug-likeness (QED) is 0.853. The number of nitrogens with zero attached hydrogens (tertiary/aromatic N) is 2. The molecule has 1 aromatic carbocycles. The van der Waals surface area contributed by atoms with Crippen LogP contribution < -0.4 is 5.32 Å². The monoisotopic (exact) mass is 229 g/mol. The van der Waals surface area contributed by atoms with Gasteiger partial charge in [-0.3, -0.25) is 0 Å². The first kappa shape index (κ1) is 10.8. The van der Waals surface area contributed by atoms with Crippen LogP contribution in [0.5, 0.6) is 0 Å². The van der Waals surface area contributed by atoms with Crippen LogP contribution in [0.4, 0.5) is 0 Å². The molecule has 0 radical (unpaired) electrons. The Morgan fingerprint density at radius 2 is 2.24 bits per heavy atom. The first-order valence-electron chi connectivity index (χ1n) is 6.51. The van der Waals surface area contributed by atoms with Crippen LogP contribution in [0.3, 0.4) is 0 Å². The predicted octanol–water partition coefficient (Wildman–Crippen LogP) is 2.42. The maximum atomic E-state index is 4.45. The zero-order chi connectivity index (χ0) is 11.7. The van der Waals surface area contributed by atoms with Gasteiger partial charge in [0.05, 0.1) is 17.4 Å². The van der Waals surface area contributed by atoms with E-state index in [0.717, 1.165) is 24.5 Å². The average molecular weight is 229 g/mol. The highest BCUT2D eigenvalue weighted by atomic mass is 15.1. The van der Waals surface area contributed by atoms with Crippen LogP contribution in [-0.4, -0.2) is 22.1 Å². The fourth-order valence-corrected chi connectivity index (χ4v) is 2.51. The maximum absolute atomic E-state index is 4.45. The molecule has 1 aromatic heterocycles. The number of para-hydroxylation sites is 2. The molecule has 17 heavy (non-hydrogen) atoms. The van der Waals surface area contributed by atoms with Crippen LogP contribution in [0.25, 0.3) is 11.0 Å². The first-order valence-corrected chi connectivity index (χ1v) is 6.51. The van der Waals surface area contributed by atoms with Gasteiger partial charge in [-0.05, 0) is 37.4 Å². The summed E-state index contributed by atoms with van der Waals surface area (Å²) in [6.45, 7) is 4.27. The lowest BCUT2D eigenvalue weighted by Crippen LogP contribution is -2.34. The van der Waals surface area contributed by atoms with Crippen molar-refractivity contribution >= 4 is 11.0 Å². The van der Waals surface area contributed by atoms with Gasteiger partial charge in [0.1, 0.15) is 0 Å². The summed E-state index contributed by atoms with van der Waals surface area (Å²) in [5.74, 6) is 0.871. The molecule has 1 unspecified atom stereocenters. The summed E-state index contributed by atoms with van der Waals surface area (Å²) in [4.78, 5) is 4.45. The minimum atomic E-state index is 0.609. The highest BCUT2D eigenvalue weighted by Gasteiger charge is 2.30. The first-order chi connectivity index (χ1) is 8.38. The number of aromatic nitrogens is 2. The third-order valence-electron chi connectivity index (χ3n) is 3.58. The number of nitrogens with one attached hydrogen (secondary N) is 1. The minimum Gasteiger partial charge on any atom is -0.329 e. The molecule has 0 amide bonds. The highest BCUT2D eigenvalue weighted by Crippen LogP contribution is 2.33. The van der Waals surface area contributed by atoms with E-state index in [2.05, 4.69) is 40.0 Å². The molecular weight excluding hydrogens is 210 g/mol. The van der Waals surface area contributed by atoms with Gasteiger partial charge in [-0.2, -0.15) is 0 Å². The van der Waals surface area contributed by atoms with Crippen molar-refractivity contribution in [2.45, 2.75) is 32.4 Å². The summed E-state index contributed by atoms with van der Waals surface area (Å²) in [6.07, 6.45) is 4.73. The van der Waals surface area contributed by atoms with Crippen LogP contribution in [0.1, 0.15) is 19.8 Å². The minimum absolute atomic E-state index is 0.609. The Morgan fingerprint density at radius 1 is 1.41 bits per heavy atom. The Morgan fingerprint density at radius 3 is 3.00 bits per heavy atom. The van der Waals surface area contributed by atoms with Gasteiger partial charge in [0.25, 0.3) is 0 Å². The number of benzene rings is 1. The van der Waals surface area contributed by atoms with E-state index in [-0.39, 0.29) is 0 Å². The van der Waals surface area contributed by atoms with Gasteiger partial charge < -0.3 is 9.88 Å². The van der Waals surface area contributed by atoms with E-state index in [1.807, 2.05) is 12.4 Å². The lowest BCUT2D eigenvalue weighted by molar-refractivity contribution is 0.420. The van der Waals surface area contributed by atoms with Gasteiger partial charge >= 0.3 is 0 Å². The molecule has 3 nitrogen and oxygen atoms in total. The second-order valence-electron chi connectivity index (χ2n) is 4.89. The molecule has 3 heteroatoms. The third kappa shape index (κ3) is 2.20. The van der Waals surface area contributed by atoms with Crippen LogP contribution in [0.15, 0.2) is 30.6 Å². The molecular formula is C14H19N3. The molecule has 1 heterocycles. The lowest BCUT2D eigenvalue weighted by atomic mass is 10.2. The molecule has 0 bridgehead atoms. The van der Waals surface area contributed by atoms with E-state index in [0.29, 0.717) is 6.04 Å². The van der Waals surface area contributed by atoms with Crippen LogP contribution in [0, 0.1) is 5.92 Å². The van der Waals surface area contributed by atoms with E-state index < -0.39 is 0 Å². The number of hydrogen-bond donors (Lipinski definition) is 1. The van der Waals surface area contributed by atoms with Crippen molar-refractivity contribution in [1.82, 2.24) is 14.9 Å². The third-order valence-corrected chi connectivity index (χ3v) is 3.58. The predicted molar refractivity (Wildman–Crippen MR) is 69.9 cm³/mol. The number of rotatable bonds is 5. The number of fused-ring (bicyclic) bond motifs is 1. The fourth-order valence-electron chi connectivity index (χ4n) is 2.51. The Hall–Kier alpha value is -1.35. The van der Waals surface area contributed by atoms with Crippen LogP contribution >= 0.6 is 0 Å². The van der Waals surface area contributed by atoms with Gasteiger partial charge in [-0.1, -0.05) is 19.1 Å². The van der Waals surface area contributed by atoms with Crippen LogP contribution in [0.2, 0.25) is 0 Å². The highest BCUT2D eigenvalue weighted by molar-refractivity contribution is 5.74. The van der Waals surface area contributed by atoms with Crippen molar-refractivity contribution in [2.75, 3.05) is 6.54 Å². The SMILES string of the molecule is CCNC(Cn1cnc2ccccc21)C1CC1. The molecule has 2 aromatic rings. The molecule has 1 aliphatic carbocycles. The van der Waals surface area contributed by atoms with E-state index in [1.165, 1.54) is 18.4 Å². The van der Waals surface area contributed by atoms with Crippen molar-refractivity contribution in [3.63, 3.8) is 0 Å². The summed E-state index contributed by atoms with van der Waals surface area (Å²) in [6, 6.07) is 8.96. The van der Waals surface area contributed by atoms with E-state index in [1.54, 1.807) is 0 Å². The second kappa shape index (κ2) is 4.49. The fraction of sp³-hybridized carbons (Fsp3) is 0.500. The topological polar surface area (TPSA) is 29.9 Å². The molecule has 0 aliphatic heterocycles. The van der Waals surface area contributed by atoms with Gasteiger partial charge in [0.15, 0.2) is 0 Å². The standard InChI is InChI=1S/C14H19N3/c1-2-15-13(11-7-8-11)9-17-10-16-12-5-3-4-6-14(12)17/h3-6,10-11,13,15H,2,7-9H2,1H3. The van der Waals surface area contributed by atoms with Gasteiger partial charge in [0, 0.05) is 12.6 Å². The van der Waals surface area contributed by atoms with Crippen molar-refractivity contribution in [3.8, 4) is 0 Å². The summed E-state index contributed by atoms with van der Waals surface area (Å²) in [5, 5.41) is 3.60. The Kier molecular flexibility index (Phi) is 2.85. The molecule has 0 saturated heterocycles. The Bertz CT molecular complexity index is 499. The molecule has 3 rings (SSSR count). The van der Waals surface area contributed by atoms with Crippen LogP contribution in [-0.2, 0) is 6.54 Å². The molecule has 1 atom stereocenters. The zero-order valence-electron chi connectivity index (χ0n) is 10.3. The summed E-state index contributed by atoms with van der Waals surface area (Å²) in [5.41, 5.74) is 2.34. The lowest BCUT2D eigenvalue weighted by Gasteiger charge is -2.18. The van der Waals surface area contributed by atoms with Crippen molar-refractivity contribution in [1.29, 1.82) is 0 Å². The molecule has 1 N–H and O–H groups in total. The van der Waals surface area contributed by atoms with Crippen molar-refractivity contribution in [3.05, 3.63) is 30.6 Å². The van der Waals surface area contributed by atoms with Crippen molar-refractivity contribution < 1.29 is 0 Å². The average Bonchev–Trinajstić information content (AvgIpc) is 3.12. The van der Waals surface area contributed by atoms with E-state index in [9.17, 15) is 0 Å². The Labute approximate surface area is 102 Å². The molecule has 1 aliphatic rings. The maximum Gasteiger partial charge on any atom is 0.0958 e. The van der Waals surface area contributed by atoms with Gasteiger partial charge in [-0.15, -0.1) is 0 Å². The second-order valence-corrected chi connectivity index (χ2v) is 4.89. The smallest absolute Gasteiger partial charge is 0.0958 e. The zero-order valence-corrected chi connectivity index (χ0v) is 10.3. The Balaban J connectivity index is 1.83.